The van der Waals surface area contributed by atoms with E-state index in [0.29, 0.717) is 19.3 Å². The number of aliphatic hydroxyl groups excluding tert-OH is 2. The van der Waals surface area contributed by atoms with E-state index in [0.717, 1.165) is 19.3 Å². The number of carboxylic acid groups (broad SMARTS) is 1. The maximum absolute atomic E-state index is 12.2. The number of carbonyl (C=O) groups excluding carboxylic acids is 1. The molecule has 3 N–H and O–H groups in total. The molecule has 1 rings (SSSR count). The van der Waals surface area contributed by atoms with E-state index in [1.165, 1.54) is 0 Å². The number of carbonyl (C=O) groups is 2. The Morgan fingerprint density at radius 2 is 2.00 bits per heavy atom. The van der Waals surface area contributed by atoms with Gasteiger partial charge in [0.05, 0.1) is 12.2 Å². The quantitative estimate of drug-likeness (QED) is 0.353. The Morgan fingerprint density at radius 3 is 2.63 bits per heavy atom. The van der Waals surface area contributed by atoms with Crippen molar-refractivity contribution in [1.29, 1.82) is 0 Å². The molecule has 0 bridgehead atoms. The third-order valence-corrected chi connectivity index (χ3v) is 5.54. The molecule has 5 nitrogen and oxygen atoms in total. The molecule has 154 valence electrons. The monoisotopic (exact) mass is 380 g/mol. The number of allylic oxidation sites excluding steroid dienone is 2. The van der Waals surface area contributed by atoms with E-state index in [-0.39, 0.29) is 35.9 Å². The molecule has 1 fully saturated rings. The smallest absolute Gasteiger partial charge is 0.303 e. The number of Topliss-reactive ketones (excluding diaryl/α,β-unsaturated/α-hetero) is 1. The number of aliphatic carboxylic acids is 1. The van der Waals surface area contributed by atoms with Crippen LogP contribution in [0.25, 0.3) is 0 Å². The molecular weight excluding hydrogens is 344 g/mol. The summed E-state index contributed by atoms with van der Waals surface area (Å²) in [4.78, 5) is 22.7. The van der Waals surface area contributed by atoms with Crippen LogP contribution < -0.4 is 0 Å². The SMILES string of the molecule is CCCCC(C)(C)[C@@H](O)/C=C/[C@H]1[C@H](C/C=C\CCCC(=O)O)C(=O)C[C@@H]1O. The molecule has 0 unspecified atom stereocenters. The van der Waals surface area contributed by atoms with Crippen molar-refractivity contribution in [3.05, 3.63) is 24.3 Å². The van der Waals surface area contributed by atoms with Gasteiger partial charge in [-0.15, -0.1) is 0 Å². The molecule has 0 saturated heterocycles. The van der Waals surface area contributed by atoms with Gasteiger partial charge in [0.15, 0.2) is 0 Å². The van der Waals surface area contributed by atoms with Crippen LogP contribution in [0.5, 0.6) is 0 Å². The summed E-state index contributed by atoms with van der Waals surface area (Å²) >= 11 is 0. The predicted molar refractivity (Wildman–Crippen MR) is 106 cm³/mol. The second kappa shape index (κ2) is 11.4. The van der Waals surface area contributed by atoms with E-state index < -0.39 is 18.2 Å². The van der Waals surface area contributed by atoms with Gasteiger partial charge in [0.1, 0.15) is 5.78 Å². The third kappa shape index (κ3) is 7.97. The van der Waals surface area contributed by atoms with E-state index in [9.17, 15) is 19.8 Å². The van der Waals surface area contributed by atoms with Gasteiger partial charge in [0, 0.05) is 24.7 Å². The van der Waals surface area contributed by atoms with Gasteiger partial charge < -0.3 is 15.3 Å². The number of hydrogen-bond acceptors (Lipinski definition) is 4. The topological polar surface area (TPSA) is 94.8 Å². The Balaban J connectivity index is 2.63. The average molecular weight is 381 g/mol. The highest BCUT2D eigenvalue weighted by atomic mass is 16.4. The van der Waals surface area contributed by atoms with Crippen LogP contribution in [0, 0.1) is 17.3 Å². The van der Waals surface area contributed by atoms with Crippen LogP contribution in [0.4, 0.5) is 0 Å². The first-order chi connectivity index (χ1) is 12.7. The molecule has 0 heterocycles. The zero-order valence-electron chi connectivity index (χ0n) is 16.9. The van der Waals surface area contributed by atoms with Gasteiger partial charge in [-0.05, 0) is 31.1 Å². The van der Waals surface area contributed by atoms with Gasteiger partial charge in [-0.2, -0.15) is 0 Å². The van der Waals surface area contributed by atoms with E-state index in [1.807, 2.05) is 32.1 Å². The largest absolute Gasteiger partial charge is 0.481 e. The summed E-state index contributed by atoms with van der Waals surface area (Å²) < 4.78 is 0. The summed E-state index contributed by atoms with van der Waals surface area (Å²) in [5.41, 5.74) is -0.236. The number of ketones is 1. The molecule has 27 heavy (non-hydrogen) atoms. The number of carboxylic acids is 1. The molecule has 0 amide bonds. The van der Waals surface area contributed by atoms with Gasteiger partial charge in [-0.1, -0.05) is 57.9 Å². The third-order valence-electron chi connectivity index (χ3n) is 5.54. The van der Waals surface area contributed by atoms with Crippen LogP contribution in [0.3, 0.4) is 0 Å². The molecule has 1 saturated carbocycles. The minimum atomic E-state index is -0.803. The summed E-state index contributed by atoms with van der Waals surface area (Å²) in [6, 6.07) is 0. The van der Waals surface area contributed by atoms with Crippen molar-refractivity contribution >= 4 is 11.8 Å². The molecular formula is C22H36O5. The molecule has 0 spiro atoms. The van der Waals surface area contributed by atoms with Gasteiger partial charge in [-0.25, -0.2) is 0 Å². The number of aliphatic hydroxyl groups is 2. The van der Waals surface area contributed by atoms with Crippen LogP contribution in [-0.4, -0.2) is 39.3 Å². The van der Waals surface area contributed by atoms with E-state index >= 15 is 0 Å². The van der Waals surface area contributed by atoms with Crippen molar-refractivity contribution in [2.75, 3.05) is 0 Å². The Hall–Kier alpha value is -1.46. The van der Waals surface area contributed by atoms with Crippen molar-refractivity contribution in [3.63, 3.8) is 0 Å². The maximum atomic E-state index is 12.2. The molecule has 0 aliphatic heterocycles. The molecule has 1 aliphatic carbocycles. The minimum absolute atomic E-state index is 0.0482. The van der Waals surface area contributed by atoms with Crippen LogP contribution in [0.1, 0.15) is 72.1 Å². The second-order valence-electron chi connectivity index (χ2n) is 8.34. The van der Waals surface area contributed by atoms with Crippen LogP contribution in [0.2, 0.25) is 0 Å². The molecule has 4 atom stereocenters. The highest BCUT2D eigenvalue weighted by molar-refractivity contribution is 5.84. The lowest BCUT2D eigenvalue weighted by Gasteiger charge is -2.29. The van der Waals surface area contributed by atoms with Crippen LogP contribution >= 0.6 is 0 Å². The zero-order valence-corrected chi connectivity index (χ0v) is 16.9. The number of rotatable bonds is 12. The zero-order chi connectivity index (χ0) is 20.4. The summed E-state index contributed by atoms with van der Waals surface area (Å²) in [6.45, 7) is 6.19. The van der Waals surface area contributed by atoms with E-state index in [1.54, 1.807) is 6.08 Å². The molecule has 0 radical (unpaired) electrons. The highest BCUT2D eigenvalue weighted by Crippen LogP contribution is 2.35. The van der Waals surface area contributed by atoms with Crippen molar-refractivity contribution in [2.24, 2.45) is 17.3 Å². The molecule has 0 aromatic rings. The maximum Gasteiger partial charge on any atom is 0.303 e. The average Bonchev–Trinajstić information content (AvgIpc) is 2.86. The standard InChI is InChI=1S/C22H36O5/c1-4-5-14-22(2,3)20(25)13-12-17-16(18(23)15-19(17)24)10-8-6-7-9-11-21(26)27/h6,8,12-13,16-17,19-20,24-25H,4-5,7,9-11,14-15H2,1-3H3,(H,26,27)/b8-6-,13-12+/t16-,17-,19-,20-/m0/s1. The number of unbranched alkanes of at least 4 members (excludes halogenated alkanes) is 2. The summed E-state index contributed by atoms with van der Waals surface area (Å²) in [5, 5.41) is 29.4. The minimum Gasteiger partial charge on any atom is -0.481 e. The van der Waals surface area contributed by atoms with E-state index in [4.69, 9.17) is 5.11 Å². The Labute approximate surface area is 163 Å². The van der Waals surface area contributed by atoms with Gasteiger partial charge >= 0.3 is 5.97 Å². The Bertz CT molecular complexity index is 535. The van der Waals surface area contributed by atoms with Crippen molar-refractivity contribution in [1.82, 2.24) is 0 Å². The molecule has 0 aromatic heterocycles. The van der Waals surface area contributed by atoms with Crippen molar-refractivity contribution < 1.29 is 24.9 Å². The van der Waals surface area contributed by atoms with Gasteiger partial charge in [-0.3, -0.25) is 9.59 Å². The molecule has 1 aliphatic rings. The fourth-order valence-corrected chi connectivity index (χ4v) is 3.53. The molecule has 0 aromatic carbocycles. The fourth-order valence-electron chi connectivity index (χ4n) is 3.53. The summed E-state index contributed by atoms with van der Waals surface area (Å²) in [7, 11) is 0. The van der Waals surface area contributed by atoms with Gasteiger partial charge in [0.2, 0.25) is 0 Å². The van der Waals surface area contributed by atoms with Crippen molar-refractivity contribution in [3.8, 4) is 0 Å². The highest BCUT2D eigenvalue weighted by Gasteiger charge is 2.39. The fraction of sp³-hybridized carbons (Fsp3) is 0.727. The molecule has 5 heteroatoms. The van der Waals surface area contributed by atoms with Crippen LogP contribution in [-0.2, 0) is 9.59 Å². The lowest BCUT2D eigenvalue weighted by molar-refractivity contribution is -0.137. The van der Waals surface area contributed by atoms with Crippen molar-refractivity contribution in [2.45, 2.75) is 84.3 Å². The predicted octanol–water partition coefficient (Wildman–Crippen LogP) is 3.89. The summed E-state index contributed by atoms with van der Waals surface area (Å²) in [5.74, 6) is -1.31. The lowest BCUT2D eigenvalue weighted by atomic mass is 9.80. The summed E-state index contributed by atoms with van der Waals surface area (Å²) in [6.07, 6.45) is 11.2. The number of hydrogen-bond donors (Lipinski definition) is 3. The lowest BCUT2D eigenvalue weighted by Crippen LogP contribution is -2.28. The first-order valence-corrected chi connectivity index (χ1v) is 10.1. The second-order valence-corrected chi connectivity index (χ2v) is 8.34. The van der Waals surface area contributed by atoms with Crippen LogP contribution in [0.15, 0.2) is 24.3 Å². The first kappa shape index (κ1) is 23.6. The Morgan fingerprint density at radius 1 is 1.30 bits per heavy atom. The van der Waals surface area contributed by atoms with E-state index in [2.05, 4.69) is 6.92 Å². The van der Waals surface area contributed by atoms with Gasteiger partial charge in [0.25, 0.3) is 0 Å². The Kier molecular flexibility index (Phi) is 9.95. The first-order valence-electron chi connectivity index (χ1n) is 10.1. The normalized spacial score (nSPS) is 24.9.